The van der Waals surface area contributed by atoms with Crippen LogP contribution in [0.4, 0.5) is 0 Å². The minimum absolute atomic E-state index is 0.289. The summed E-state index contributed by atoms with van der Waals surface area (Å²) in [5, 5.41) is 11.9. The predicted octanol–water partition coefficient (Wildman–Crippen LogP) is 2.43. The highest BCUT2D eigenvalue weighted by molar-refractivity contribution is 5.80. The molecular formula is C23H34N6O2. The minimum Gasteiger partial charge on any atom is -0.376 e. The summed E-state index contributed by atoms with van der Waals surface area (Å²) in [6.07, 6.45) is 4.88. The van der Waals surface area contributed by atoms with Gasteiger partial charge in [0.15, 0.2) is 11.8 Å². The van der Waals surface area contributed by atoms with E-state index in [9.17, 15) is 0 Å². The first kappa shape index (κ1) is 21.8. The smallest absolute Gasteiger partial charge is 0.194 e. The second kappa shape index (κ2) is 10.7. The largest absolute Gasteiger partial charge is 0.376 e. The van der Waals surface area contributed by atoms with Crippen LogP contribution >= 0.6 is 0 Å². The molecule has 2 aromatic rings. The Bertz CT molecular complexity index is 839. The molecule has 2 aliphatic heterocycles. The highest BCUT2D eigenvalue weighted by Gasteiger charge is 2.24. The molecule has 1 aromatic heterocycles. The van der Waals surface area contributed by atoms with Gasteiger partial charge in [0.25, 0.3) is 0 Å². The van der Waals surface area contributed by atoms with Crippen LogP contribution in [0.3, 0.4) is 0 Å². The summed E-state index contributed by atoms with van der Waals surface area (Å²) in [7, 11) is 1.99. The minimum atomic E-state index is 0.289. The maximum atomic E-state index is 6.14. The molecule has 4 rings (SSSR count). The molecule has 2 fully saturated rings. The molecule has 0 amide bonds. The maximum absolute atomic E-state index is 6.14. The van der Waals surface area contributed by atoms with Gasteiger partial charge in [-0.2, -0.15) is 0 Å². The second-order valence-electron chi connectivity index (χ2n) is 8.36. The quantitative estimate of drug-likeness (QED) is 0.541. The van der Waals surface area contributed by atoms with Crippen LogP contribution < -0.4 is 5.32 Å². The van der Waals surface area contributed by atoms with E-state index in [1.807, 2.05) is 24.6 Å². The first-order chi connectivity index (χ1) is 15.2. The Morgan fingerprint density at radius 3 is 2.68 bits per heavy atom. The van der Waals surface area contributed by atoms with Crippen molar-refractivity contribution in [3.05, 3.63) is 47.5 Å². The van der Waals surface area contributed by atoms with Crippen molar-refractivity contribution in [2.45, 2.75) is 57.9 Å². The molecular weight excluding hydrogens is 392 g/mol. The van der Waals surface area contributed by atoms with Crippen LogP contribution in [0.25, 0.3) is 0 Å². The number of guanidine groups is 1. The van der Waals surface area contributed by atoms with Crippen molar-refractivity contribution in [1.82, 2.24) is 25.0 Å². The molecule has 2 saturated heterocycles. The Kier molecular flexibility index (Phi) is 7.53. The van der Waals surface area contributed by atoms with E-state index in [1.165, 1.54) is 5.56 Å². The van der Waals surface area contributed by atoms with Crippen molar-refractivity contribution in [2.24, 2.45) is 12.0 Å². The highest BCUT2D eigenvalue weighted by Crippen LogP contribution is 2.18. The second-order valence-corrected chi connectivity index (χ2v) is 8.36. The van der Waals surface area contributed by atoms with Crippen molar-refractivity contribution >= 4 is 5.96 Å². The van der Waals surface area contributed by atoms with Crippen molar-refractivity contribution in [1.29, 1.82) is 0 Å². The molecule has 2 aliphatic rings. The molecule has 1 N–H and O–H groups in total. The van der Waals surface area contributed by atoms with E-state index in [0.717, 1.165) is 69.6 Å². The molecule has 0 saturated carbocycles. The molecule has 1 atom stereocenters. The van der Waals surface area contributed by atoms with E-state index in [4.69, 9.17) is 14.5 Å². The van der Waals surface area contributed by atoms with Gasteiger partial charge in [-0.3, -0.25) is 0 Å². The number of nitrogens with one attached hydrogen (secondary N) is 1. The highest BCUT2D eigenvalue weighted by atomic mass is 16.5. The number of piperidine rings is 1. The zero-order valence-electron chi connectivity index (χ0n) is 18.7. The fraction of sp³-hybridized carbons (Fsp3) is 0.609. The van der Waals surface area contributed by atoms with Crippen LogP contribution in [0.15, 0.2) is 35.3 Å². The van der Waals surface area contributed by atoms with Gasteiger partial charge in [0.2, 0.25) is 0 Å². The van der Waals surface area contributed by atoms with Gasteiger partial charge in [0.05, 0.1) is 31.9 Å². The average Bonchev–Trinajstić information content (AvgIpc) is 3.44. The number of aryl methyl sites for hydroxylation is 1. The fourth-order valence-electron chi connectivity index (χ4n) is 4.03. The first-order valence-electron chi connectivity index (χ1n) is 11.3. The summed E-state index contributed by atoms with van der Waals surface area (Å²) in [6, 6.07) is 10.4. The Hall–Kier alpha value is -2.45. The number of nitrogens with zero attached hydrogens (tertiary/aromatic N) is 5. The number of benzene rings is 1. The maximum Gasteiger partial charge on any atom is 0.194 e. The molecule has 1 unspecified atom stereocenters. The lowest BCUT2D eigenvalue weighted by Crippen LogP contribution is -2.47. The lowest BCUT2D eigenvalue weighted by Gasteiger charge is -2.34. The molecule has 1 aromatic carbocycles. The van der Waals surface area contributed by atoms with Gasteiger partial charge >= 0.3 is 0 Å². The van der Waals surface area contributed by atoms with Gasteiger partial charge in [-0.15, -0.1) is 10.2 Å². The lowest BCUT2D eigenvalue weighted by atomic mass is 10.1. The summed E-state index contributed by atoms with van der Waals surface area (Å²) in [4.78, 5) is 7.25. The Morgan fingerprint density at radius 2 is 2.00 bits per heavy atom. The molecule has 0 radical (unpaired) electrons. The summed E-state index contributed by atoms with van der Waals surface area (Å²) in [5.41, 5.74) is 1.20. The van der Waals surface area contributed by atoms with Gasteiger partial charge in [0, 0.05) is 26.7 Å². The molecule has 168 valence electrons. The standard InChI is InChI=1S/C23H34N6O2/c1-18-26-27-22(28(18)2)16-25-23(24-15-19-7-4-3-5-8-19)29-12-10-20(11-13-29)31-17-21-9-6-14-30-21/h3-5,7-8,20-21H,6,9-17H2,1-2H3,(H,24,25). The number of rotatable bonds is 7. The first-order valence-corrected chi connectivity index (χ1v) is 11.3. The monoisotopic (exact) mass is 426 g/mol. The summed E-state index contributed by atoms with van der Waals surface area (Å²) < 4.78 is 13.8. The van der Waals surface area contributed by atoms with Crippen LogP contribution in [-0.2, 0) is 29.6 Å². The lowest BCUT2D eigenvalue weighted by molar-refractivity contribution is -0.0367. The number of likely N-dealkylation sites (tertiary alicyclic amines) is 1. The number of hydrogen-bond acceptors (Lipinski definition) is 5. The van der Waals surface area contributed by atoms with Gasteiger partial charge in [-0.05, 0) is 38.2 Å². The van der Waals surface area contributed by atoms with Crippen LogP contribution in [-0.4, -0.2) is 64.1 Å². The molecule has 0 spiro atoms. The predicted molar refractivity (Wildman–Crippen MR) is 120 cm³/mol. The summed E-state index contributed by atoms with van der Waals surface area (Å²) in [5.74, 6) is 2.73. The van der Waals surface area contributed by atoms with Crippen LogP contribution in [0.5, 0.6) is 0 Å². The molecule has 0 bridgehead atoms. The van der Waals surface area contributed by atoms with Gasteiger partial charge in [-0.25, -0.2) is 4.99 Å². The third-order valence-electron chi connectivity index (χ3n) is 6.12. The van der Waals surface area contributed by atoms with Crippen LogP contribution in [0.1, 0.15) is 42.9 Å². The van der Waals surface area contributed by atoms with E-state index in [1.54, 1.807) is 0 Å². The molecule has 8 heteroatoms. The van der Waals surface area contributed by atoms with E-state index in [-0.39, 0.29) is 6.10 Å². The number of ether oxygens (including phenoxy) is 2. The summed E-state index contributed by atoms with van der Waals surface area (Å²) in [6.45, 7) is 6.66. The van der Waals surface area contributed by atoms with Crippen molar-refractivity contribution < 1.29 is 9.47 Å². The zero-order chi connectivity index (χ0) is 21.5. The normalized spacial score (nSPS) is 20.4. The number of aliphatic imine (C=N–C) groups is 1. The average molecular weight is 427 g/mol. The van der Waals surface area contributed by atoms with Gasteiger partial charge in [0.1, 0.15) is 5.82 Å². The zero-order valence-corrected chi connectivity index (χ0v) is 18.7. The number of hydrogen-bond donors (Lipinski definition) is 1. The molecule has 8 nitrogen and oxygen atoms in total. The van der Waals surface area contributed by atoms with E-state index >= 15 is 0 Å². The van der Waals surface area contributed by atoms with Crippen LogP contribution in [0.2, 0.25) is 0 Å². The molecule has 3 heterocycles. The number of aromatic nitrogens is 3. The fourth-order valence-corrected chi connectivity index (χ4v) is 4.03. The summed E-state index contributed by atoms with van der Waals surface area (Å²) >= 11 is 0. The SMILES string of the molecule is Cc1nnc(CNC(=NCc2ccccc2)N2CCC(OCC3CCCO3)CC2)n1C. The Morgan fingerprint density at radius 1 is 1.19 bits per heavy atom. The van der Waals surface area contributed by atoms with Gasteiger partial charge in [-0.1, -0.05) is 30.3 Å². The topological polar surface area (TPSA) is 76.8 Å². The Balaban J connectivity index is 1.34. The third kappa shape index (κ3) is 6.04. The van der Waals surface area contributed by atoms with Gasteiger partial charge < -0.3 is 24.3 Å². The van der Waals surface area contributed by atoms with Crippen molar-refractivity contribution in [3.63, 3.8) is 0 Å². The molecule has 0 aliphatic carbocycles. The van der Waals surface area contributed by atoms with Crippen molar-refractivity contribution in [2.75, 3.05) is 26.3 Å². The van der Waals surface area contributed by atoms with Crippen LogP contribution in [0, 0.1) is 6.92 Å². The van der Waals surface area contributed by atoms with E-state index < -0.39 is 0 Å². The van der Waals surface area contributed by atoms with Crippen molar-refractivity contribution in [3.8, 4) is 0 Å². The van der Waals surface area contributed by atoms with E-state index in [2.05, 4.69) is 44.7 Å². The third-order valence-corrected chi connectivity index (χ3v) is 6.12. The van der Waals surface area contributed by atoms with E-state index in [0.29, 0.717) is 19.2 Å². The Labute approximate surface area is 184 Å². The molecule has 31 heavy (non-hydrogen) atoms.